The SMILES string of the molecule is C=CCN(Cc1ccccc1)C(=O)[C@@H]1[C@H]2C(=O)N(CCCCCO)C(C(=O)N(CC=C)c3cc(C)ccc3C)C23CC[C@@]1(C)O3. The number of carbonyl (C=O) groups excluding carboxylic acids is 3. The topological polar surface area (TPSA) is 90.4 Å². The number of rotatable bonds is 14. The minimum Gasteiger partial charge on any atom is -0.396 e. The molecule has 3 aliphatic heterocycles. The quantitative estimate of drug-likeness (QED) is 0.240. The lowest BCUT2D eigenvalue weighted by atomic mass is 9.66. The van der Waals surface area contributed by atoms with Gasteiger partial charge in [0.2, 0.25) is 11.8 Å². The summed E-state index contributed by atoms with van der Waals surface area (Å²) in [4.78, 5) is 49.2. The van der Waals surface area contributed by atoms with Crippen molar-refractivity contribution in [2.75, 3.05) is 31.1 Å². The molecular weight excluding hydrogens is 566 g/mol. The molecule has 5 rings (SSSR count). The number of amides is 3. The molecule has 8 nitrogen and oxygen atoms in total. The predicted molar refractivity (Wildman–Crippen MR) is 175 cm³/mol. The molecule has 0 radical (unpaired) electrons. The van der Waals surface area contributed by atoms with Crippen LogP contribution in [-0.4, -0.2) is 76.1 Å². The molecule has 5 atom stereocenters. The number of aliphatic hydroxyl groups excluding tert-OH is 1. The fourth-order valence-corrected chi connectivity index (χ4v) is 7.88. The van der Waals surface area contributed by atoms with Crippen molar-refractivity contribution in [1.82, 2.24) is 9.80 Å². The van der Waals surface area contributed by atoms with E-state index in [1.807, 2.05) is 69.3 Å². The number of carbonyl (C=O) groups is 3. The van der Waals surface area contributed by atoms with E-state index < -0.39 is 29.1 Å². The Morgan fingerprint density at radius 3 is 2.44 bits per heavy atom. The van der Waals surface area contributed by atoms with Crippen LogP contribution in [0.25, 0.3) is 0 Å². The van der Waals surface area contributed by atoms with Crippen LogP contribution in [0.15, 0.2) is 73.8 Å². The molecule has 0 saturated carbocycles. The average Bonchev–Trinajstić information content (AvgIpc) is 3.59. The maximum atomic E-state index is 14.9. The van der Waals surface area contributed by atoms with Gasteiger partial charge in [-0.15, -0.1) is 13.2 Å². The molecule has 3 fully saturated rings. The number of hydrogen-bond acceptors (Lipinski definition) is 5. The number of likely N-dealkylation sites (tertiary alicyclic amines) is 1. The van der Waals surface area contributed by atoms with Gasteiger partial charge in [0.25, 0.3) is 5.91 Å². The first-order chi connectivity index (χ1) is 21.6. The molecule has 0 aliphatic carbocycles. The van der Waals surface area contributed by atoms with Crippen molar-refractivity contribution in [3.05, 3.63) is 90.5 Å². The first-order valence-electron chi connectivity index (χ1n) is 16.2. The summed E-state index contributed by atoms with van der Waals surface area (Å²) >= 11 is 0. The second kappa shape index (κ2) is 13.3. The summed E-state index contributed by atoms with van der Waals surface area (Å²) in [6.07, 6.45) is 6.48. The van der Waals surface area contributed by atoms with Crippen LogP contribution in [0, 0.1) is 25.7 Å². The summed E-state index contributed by atoms with van der Waals surface area (Å²) in [6.45, 7) is 15.1. The average molecular weight is 614 g/mol. The number of anilines is 1. The minimum absolute atomic E-state index is 0.0706. The molecule has 8 heteroatoms. The molecule has 3 saturated heterocycles. The Bertz CT molecular complexity index is 1440. The van der Waals surface area contributed by atoms with Gasteiger partial charge >= 0.3 is 0 Å². The first-order valence-corrected chi connectivity index (χ1v) is 16.2. The normalized spacial score (nSPS) is 26.5. The van der Waals surface area contributed by atoms with Crippen LogP contribution >= 0.6 is 0 Å². The highest BCUT2D eigenvalue weighted by molar-refractivity contribution is 6.05. The Kier molecular flexibility index (Phi) is 9.65. The molecule has 1 spiro atoms. The molecule has 240 valence electrons. The zero-order chi connectivity index (χ0) is 32.4. The summed E-state index contributed by atoms with van der Waals surface area (Å²) in [7, 11) is 0. The van der Waals surface area contributed by atoms with Crippen molar-refractivity contribution < 1.29 is 24.2 Å². The Hall–Kier alpha value is -3.75. The Morgan fingerprint density at radius 1 is 1.02 bits per heavy atom. The van der Waals surface area contributed by atoms with Gasteiger partial charge in [0.1, 0.15) is 11.6 Å². The fraction of sp³-hybridized carbons (Fsp3) is 0.486. The van der Waals surface area contributed by atoms with Gasteiger partial charge < -0.3 is 24.5 Å². The van der Waals surface area contributed by atoms with E-state index in [0.29, 0.717) is 45.3 Å². The Balaban J connectivity index is 1.56. The van der Waals surface area contributed by atoms with Crippen molar-refractivity contribution >= 4 is 23.4 Å². The summed E-state index contributed by atoms with van der Waals surface area (Å²) in [5.41, 5.74) is 1.73. The third kappa shape index (κ3) is 5.86. The lowest BCUT2D eigenvalue weighted by Gasteiger charge is -2.37. The monoisotopic (exact) mass is 613 g/mol. The number of fused-ring (bicyclic) bond motifs is 1. The third-order valence-corrected chi connectivity index (χ3v) is 9.94. The molecule has 2 unspecified atom stereocenters. The predicted octanol–water partition coefficient (Wildman–Crippen LogP) is 4.96. The van der Waals surface area contributed by atoms with Gasteiger partial charge in [-0.3, -0.25) is 14.4 Å². The third-order valence-electron chi connectivity index (χ3n) is 9.94. The molecule has 2 aromatic rings. The van der Waals surface area contributed by atoms with E-state index in [2.05, 4.69) is 13.2 Å². The molecule has 1 N–H and O–H groups in total. The molecule has 3 heterocycles. The second-order valence-electron chi connectivity index (χ2n) is 13.1. The molecule has 45 heavy (non-hydrogen) atoms. The van der Waals surface area contributed by atoms with Crippen molar-refractivity contribution in [1.29, 1.82) is 0 Å². The van der Waals surface area contributed by atoms with Gasteiger partial charge in [0, 0.05) is 38.5 Å². The van der Waals surface area contributed by atoms with E-state index in [-0.39, 0.29) is 30.9 Å². The van der Waals surface area contributed by atoms with Crippen molar-refractivity contribution in [3.63, 3.8) is 0 Å². The Labute approximate surface area is 267 Å². The van der Waals surface area contributed by atoms with Crippen LogP contribution in [-0.2, 0) is 25.7 Å². The maximum Gasteiger partial charge on any atom is 0.253 e. The van der Waals surface area contributed by atoms with Crippen LogP contribution in [0.1, 0.15) is 55.7 Å². The second-order valence-corrected chi connectivity index (χ2v) is 13.1. The van der Waals surface area contributed by atoms with E-state index in [9.17, 15) is 19.5 Å². The first kappa shape index (κ1) is 32.6. The highest BCUT2D eigenvalue weighted by Crippen LogP contribution is 2.63. The fourth-order valence-electron chi connectivity index (χ4n) is 7.88. The van der Waals surface area contributed by atoms with Crippen LogP contribution in [0.3, 0.4) is 0 Å². The molecule has 3 amide bonds. The van der Waals surface area contributed by atoms with Gasteiger partial charge in [-0.05, 0) is 75.6 Å². The van der Waals surface area contributed by atoms with Gasteiger partial charge in [0.05, 0.1) is 17.4 Å². The molecular formula is C37H47N3O5. The van der Waals surface area contributed by atoms with Crippen molar-refractivity contribution in [2.45, 2.75) is 76.7 Å². The van der Waals surface area contributed by atoms with Gasteiger partial charge in [0.15, 0.2) is 0 Å². The standard InChI is InChI=1S/C37H47N3O5/c1-6-20-38(25-28-14-10-8-11-15-28)33(42)30-31-34(43)40(22-12-9-13-23-41)32(37(31)19-18-36(30,5)45-37)35(44)39(21-7-2)29-24-26(3)16-17-27(29)4/h6-8,10-11,14-17,24,30-32,41H,1-2,9,12-13,18-23,25H2,3-5H3/t30-,31-,32?,36+,37?/m0/s1. The number of aryl methyl sites for hydroxylation is 2. The number of aliphatic hydroxyl groups is 1. The number of nitrogens with zero attached hydrogens (tertiary/aromatic N) is 3. The van der Waals surface area contributed by atoms with Crippen LogP contribution in [0.5, 0.6) is 0 Å². The molecule has 2 aromatic carbocycles. The van der Waals surface area contributed by atoms with E-state index in [1.54, 1.807) is 26.9 Å². The van der Waals surface area contributed by atoms with Crippen molar-refractivity contribution in [2.24, 2.45) is 11.8 Å². The minimum atomic E-state index is -1.12. The van der Waals surface area contributed by atoms with Crippen LogP contribution in [0.2, 0.25) is 0 Å². The largest absolute Gasteiger partial charge is 0.396 e. The highest BCUT2D eigenvalue weighted by atomic mass is 16.5. The lowest BCUT2D eigenvalue weighted by molar-refractivity contribution is -0.150. The van der Waals surface area contributed by atoms with Crippen molar-refractivity contribution in [3.8, 4) is 0 Å². The summed E-state index contributed by atoms with van der Waals surface area (Å²) in [6, 6.07) is 14.9. The van der Waals surface area contributed by atoms with E-state index in [1.165, 1.54) is 0 Å². The smallest absolute Gasteiger partial charge is 0.253 e. The Morgan fingerprint density at radius 2 is 1.76 bits per heavy atom. The number of hydrogen-bond donors (Lipinski definition) is 1. The maximum absolute atomic E-state index is 14.9. The lowest BCUT2D eigenvalue weighted by Crippen LogP contribution is -2.56. The molecule has 0 aromatic heterocycles. The zero-order valence-corrected chi connectivity index (χ0v) is 26.9. The van der Waals surface area contributed by atoms with Crippen LogP contribution < -0.4 is 4.90 Å². The highest BCUT2D eigenvalue weighted by Gasteiger charge is 2.78. The number of unbranched alkanes of at least 4 members (excludes halogenated alkanes) is 2. The summed E-state index contributed by atoms with van der Waals surface area (Å²) < 4.78 is 6.91. The molecule has 3 aliphatic rings. The van der Waals surface area contributed by atoms with E-state index in [4.69, 9.17) is 4.74 Å². The zero-order valence-electron chi connectivity index (χ0n) is 26.9. The van der Waals surface area contributed by atoms with E-state index in [0.717, 1.165) is 28.8 Å². The van der Waals surface area contributed by atoms with Crippen LogP contribution in [0.4, 0.5) is 5.69 Å². The number of benzene rings is 2. The van der Waals surface area contributed by atoms with Gasteiger partial charge in [-0.25, -0.2) is 0 Å². The van der Waals surface area contributed by atoms with Gasteiger partial charge in [-0.1, -0.05) is 54.6 Å². The summed E-state index contributed by atoms with van der Waals surface area (Å²) in [5, 5.41) is 9.38. The molecule has 2 bridgehead atoms. The number of ether oxygens (including phenoxy) is 1. The van der Waals surface area contributed by atoms with Gasteiger partial charge in [-0.2, -0.15) is 0 Å². The summed E-state index contributed by atoms with van der Waals surface area (Å²) in [5.74, 6) is -2.06. The van der Waals surface area contributed by atoms with E-state index >= 15 is 0 Å².